The lowest BCUT2D eigenvalue weighted by Gasteiger charge is -2.18. The lowest BCUT2D eigenvalue weighted by molar-refractivity contribution is -0.114. The monoisotopic (exact) mass is 358 g/mol. The molecule has 3 rings (SSSR count). The first-order valence-electron chi connectivity index (χ1n) is 8.35. The molecule has 2 aromatic rings. The fourth-order valence-electron chi connectivity index (χ4n) is 3.11. The van der Waals surface area contributed by atoms with Gasteiger partial charge in [-0.05, 0) is 55.0 Å². The minimum atomic E-state index is -0.180. The van der Waals surface area contributed by atoms with Gasteiger partial charge in [-0.25, -0.2) is 0 Å². The van der Waals surface area contributed by atoms with E-state index in [1.807, 2.05) is 0 Å². The number of methoxy groups -OCH3 is 1. The average molecular weight is 358 g/mol. The highest BCUT2D eigenvalue weighted by Crippen LogP contribution is 2.40. The summed E-state index contributed by atoms with van der Waals surface area (Å²) in [6.07, 6.45) is 2.90. The summed E-state index contributed by atoms with van der Waals surface area (Å²) < 4.78 is 5.14. The van der Waals surface area contributed by atoms with Crippen molar-refractivity contribution in [1.82, 2.24) is 0 Å². The third-order valence-corrected chi connectivity index (χ3v) is 5.55. The van der Waals surface area contributed by atoms with E-state index in [9.17, 15) is 9.59 Å². The molecule has 5 nitrogen and oxygen atoms in total. The Morgan fingerprint density at radius 3 is 2.56 bits per heavy atom. The Morgan fingerprint density at radius 2 is 1.92 bits per heavy atom. The number of hydrogen-bond donors (Lipinski definition) is 2. The molecule has 2 N–H and O–H groups in total. The van der Waals surface area contributed by atoms with Gasteiger partial charge in [0.15, 0.2) is 0 Å². The van der Waals surface area contributed by atoms with Crippen molar-refractivity contribution < 1.29 is 14.3 Å². The Bertz CT molecular complexity index is 796. The van der Waals surface area contributed by atoms with Crippen LogP contribution in [0, 0.1) is 5.92 Å². The highest BCUT2D eigenvalue weighted by molar-refractivity contribution is 7.17. The second kappa shape index (κ2) is 7.27. The van der Waals surface area contributed by atoms with E-state index in [0.29, 0.717) is 22.2 Å². The molecule has 0 saturated heterocycles. The number of carbonyl (C=O) groups excluding carboxylic acids is 2. The highest BCUT2D eigenvalue weighted by Gasteiger charge is 2.28. The number of thiophene rings is 1. The Hall–Kier alpha value is -2.34. The van der Waals surface area contributed by atoms with Crippen molar-refractivity contribution in [3.8, 4) is 5.75 Å². The lowest BCUT2D eigenvalue weighted by atomic mass is 9.88. The zero-order valence-electron chi connectivity index (χ0n) is 14.6. The number of ether oxygens (including phenoxy) is 1. The van der Waals surface area contributed by atoms with Crippen LogP contribution in [0.3, 0.4) is 0 Å². The van der Waals surface area contributed by atoms with Crippen molar-refractivity contribution >= 4 is 33.8 Å². The zero-order valence-corrected chi connectivity index (χ0v) is 15.5. The van der Waals surface area contributed by atoms with Crippen molar-refractivity contribution in [2.75, 3.05) is 17.7 Å². The minimum absolute atomic E-state index is 0.162. The second-order valence-corrected chi connectivity index (χ2v) is 7.52. The van der Waals surface area contributed by atoms with E-state index in [4.69, 9.17) is 4.74 Å². The normalized spacial score (nSPS) is 16.0. The predicted molar refractivity (Wildman–Crippen MR) is 101 cm³/mol. The summed E-state index contributed by atoms with van der Waals surface area (Å²) in [5, 5.41) is 6.41. The van der Waals surface area contributed by atoms with Crippen LogP contribution in [0.5, 0.6) is 5.75 Å². The van der Waals surface area contributed by atoms with Gasteiger partial charge in [-0.1, -0.05) is 6.92 Å². The number of carbonyl (C=O) groups is 2. The molecule has 1 aliphatic carbocycles. The van der Waals surface area contributed by atoms with Gasteiger partial charge >= 0.3 is 0 Å². The summed E-state index contributed by atoms with van der Waals surface area (Å²) in [5.74, 6) is 0.999. The van der Waals surface area contributed by atoms with Crippen molar-refractivity contribution in [3.05, 3.63) is 40.3 Å². The molecule has 0 radical (unpaired) electrons. The zero-order chi connectivity index (χ0) is 18.0. The smallest absolute Gasteiger partial charge is 0.258 e. The van der Waals surface area contributed by atoms with Gasteiger partial charge in [0, 0.05) is 17.5 Å². The van der Waals surface area contributed by atoms with E-state index in [-0.39, 0.29) is 11.8 Å². The Kier molecular flexibility index (Phi) is 5.08. The van der Waals surface area contributed by atoms with Crippen LogP contribution in [0.15, 0.2) is 24.3 Å². The first-order valence-corrected chi connectivity index (χ1v) is 9.17. The molecular weight excluding hydrogens is 336 g/mol. The van der Waals surface area contributed by atoms with Crippen molar-refractivity contribution in [2.45, 2.75) is 33.1 Å². The summed E-state index contributed by atoms with van der Waals surface area (Å²) in [6.45, 7) is 3.68. The largest absolute Gasteiger partial charge is 0.497 e. The molecule has 132 valence electrons. The summed E-state index contributed by atoms with van der Waals surface area (Å²) in [6, 6.07) is 7.20. The van der Waals surface area contributed by atoms with E-state index in [2.05, 4.69) is 17.6 Å². The van der Waals surface area contributed by atoms with Crippen molar-refractivity contribution in [3.63, 3.8) is 0 Å². The molecule has 0 fully saturated rings. The van der Waals surface area contributed by atoms with E-state index < -0.39 is 0 Å². The minimum Gasteiger partial charge on any atom is -0.497 e. The number of amides is 2. The van der Waals surface area contributed by atoms with Crippen LogP contribution in [0.4, 0.5) is 10.7 Å². The number of benzene rings is 1. The molecule has 1 heterocycles. The number of fused-ring (bicyclic) bond motifs is 1. The maximum absolute atomic E-state index is 12.9. The Balaban J connectivity index is 1.90. The third kappa shape index (κ3) is 3.85. The van der Waals surface area contributed by atoms with Gasteiger partial charge in [0.25, 0.3) is 5.91 Å². The molecule has 2 amide bonds. The summed E-state index contributed by atoms with van der Waals surface area (Å²) in [5.41, 5.74) is 2.39. The van der Waals surface area contributed by atoms with Crippen LogP contribution in [-0.2, 0) is 17.6 Å². The average Bonchev–Trinajstić information content (AvgIpc) is 2.91. The predicted octanol–water partition coefficient (Wildman–Crippen LogP) is 4.09. The van der Waals surface area contributed by atoms with Crippen LogP contribution >= 0.6 is 11.3 Å². The first kappa shape index (κ1) is 17.5. The highest BCUT2D eigenvalue weighted by atomic mass is 32.1. The number of hydrogen-bond acceptors (Lipinski definition) is 4. The van der Waals surface area contributed by atoms with E-state index >= 15 is 0 Å². The molecule has 0 saturated carbocycles. The van der Waals surface area contributed by atoms with Gasteiger partial charge in [0.1, 0.15) is 10.8 Å². The van der Waals surface area contributed by atoms with Gasteiger partial charge in [-0.2, -0.15) is 0 Å². The fourth-order valence-corrected chi connectivity index (χ4v) is 4.56. The SMILES string of the molecule is COc1ccc(NC(=O)c2c(NC(C)=O)sc3c2CC[C@H](C)C3)cc1. The molecular formula is C19H22N2O3S. The van der Waals surface area contributed by atoms with E-state index in [0.717, 1.165) is 30.6 Å². The van der Waals surface area contributed by atoms with E-state index in [1.54, 1.807) is 31.4 Å². The second-order valence-electron chi connectivity index (χ2n) is 6.42. The van der Waals surface area contributed by atoms with Crippen LogP contribution in [-0.4, -0.2) is 18.9 Å². The number of nitrogens with one attached hydrogen (secondary N) is 2. The molecule has 1 atom stereocenters. The first-order chi connectivity index (χ1) is 12.0. The Morgan fingerprint density at radius 1 is 1.20 bits per heavy atom. The topological polar surface area (TPSA) is 67.4 Å². The quantitative estimate of drug-likeness (QED) is 0.865. The molecule has 1 aromatic heterocycles. The van der Waals surface area contributed by atoms with Gasteiger partial charge in [0.05, 0.1) is 12.7 Å². The summed E-state index contributed by atoms with van der Waals surface area (Å²) in [4.78, 5) is 25.7. The van der Waals surface area contributed by atoms with Crippen molar-refractivity contribution in [1.29, 1.82) is 0 Å². The van der Waals surface area contributed by atoms with Gasteiger partial charge in [-0.15, -0.1) is 11.3 Å². The molecule has 1 aromatic carbocycles. The maximum atomic E-state index is 12.9. The van der Waals surface area contributed by atoms with Gasteiger partial charge in [-0.3, -0.25) is 9.59 Å². The van der Waals surface area contributed by atoms with Crippen molar-refractivity contribution in [2.24, 2.45) is 5.92 Å². The molecule has 6 heteroatoms. The molecule has 0 unspecified atom stereocenters. The van der Waals surface area contributed by atoms with E-state index in [1.165, 1.54) is 23.1 Å². The van der Waals surface area contributed by atoms with Crippen LogP contribution in [0.2, 0.25) is 0 Å². The lowest BCUT2D eigenvalue weighted by Crippen LogP contribution is -2.18. The van der Waals surface area contributed by atoms with Gasteiger partial charge < -0.3 is 15.4 Å². The van der Waals surface area contributed by atoms with Crippen LogP contribution in [0.1, 0.15) is 41.1 Å². The molecule has 1 aliphatic rings. The van der Waals surface area contributed by atoms with Crippen LogP contribution < -0.4 is 15.4 Å². The number of anilines is 2. The fraction of sp³-hybridized carbons (Fsp3) is 0.368. The van der Waals surface area contributed by atoms with Crippen LogP contribution in [0.25, 0.3) is 0 Å². The molecule has 0 bridgehead atoms. The maximum Gasteiger partial charge on any atom is 0.258 e. The standard InChI is InChI=1S/C19H22N2O3S/c1-11-4-9-15-16(10-11)25-19(20-12(2)22)17(15)18(23)21-13-5-7-14(24-3)8-6-13/h5-8,11H,4,9-10H2,1-3H3,(H,20,22)(H,21,23)/t11-/m0/s1. The third-order valence-electron chi connectivity index (χ3n) is 4.38. The summed E-state index contributed by atoms with van der Waals surface area (Å²) >= 11 is 1.53. The Labute approximate surface area is 151 Å². The molecule has 0 spiro atoms. The molecule has 0 aliphatic heterocycles. The summed E-state index contributed by atoms with van der Waals surface area (Å²) in [7, 11) is 1.60. The molecule has 25 heavy (non-hydrogen) atoms. The van der Waals surface area contributed by atoms with Gasteiger partial charge in [0.2, 0.25) is 5.91 Å². The number of rotatable bonds is 4.